The molecule has 3 N–H and O–H groups in total. The summed E-state index contributed by atoms with van der Waals surface area (Å²) >= 11 is 1.23. The fourth-order valence-corrected chi connectivity index (χ4v) is 6.87. The number of carbonyl (C=O) groups excluding carboxylic acids is 2. The average molecular weight is 581 g/mol. The van der Waals surface area contributed by atoms with Gasteiger partial charge in [-0.2, -0.15) is 0 Å². The molecule has 1 aromatic carbocycles. The van der Waals surface area contributed by atoms with Gasteiger partial charge in [-0.1, -0.05) is 31.4 Å². The summed E-state index contributed by atoms with van der Waals surface area (Å²) in [7, 11) is -1.37. The van der Waals surface area contributed by atoms with E-state index < -0.39 is 41.4 Å². The predicted molar refractivity (Wildman–Crippen MR) is 159 cm³/mol. The standard InChI is InChI=1S/C28H45FN4O4SSi/c1-25(2,3)31-22(34)28-16-21(28)27(7,19-15-18(30)11-12-20(19)29)32-23(38-28)33(24(35)37-26(4,5)6)17-36-13-14-39(8,9)10/h11-12,15,21H,13-14,16-17,30H2,1-10H3,(H,31,34)/t21?,27-,28+/m1/s1. The zero-order chi connectivity index (χ0) is 29.6. The highest BCUT2D eigenvalue weighted by Crippen LogP contribution is 2.67. The Bertz CT molecular complexity index is 1140. The SMILES string of the molecule is CC(C)(C)NC(=O)[C@]12CC1[C@@](C)(c1cc(N)ccc1F)N=C(N(COCC[Si](C)(C)C)C(=O)OC(C)(C)C)S2. The molecule has 0 aromatic heterocycles. The number of halogens is 1. The highest BCUT2D eigenvalue weighted by atomic mass is 32.2. The van der Waals surface area contributed by atoms with Crippen LogP contribution in [0, 0.1) is 11.7 Å². The van der Waals surface area contributed by atoms with Crippen LogP contribution >= 0.6 is 11.8 Å². The van der Waals surface area contributed by atoms with Crippen LogP contribution in [0.25, 0.3) is 0 Å². The zero-order valence-electron chi connectivity index (χ0n) is 25.0. The van der Waals surface area contributed by atoms with Crippen molar-refractivity contribution >= 4 is 42.7 Å². The Kier molecular flexibility index (Phi) is 8.62. The minimum atomic E-state index is -1.37. The Balaban J connectivity index is 2.08. The van der Waals surface area contributed by atoms with Gasteiger partial charge in [-0.3, -0.25) is 9.79 Å². The van der Waals surface area contributed by atoms with E-state index in [9.17, 15) is 9.59 Å². The molecule has 0 radical (unpaired) electrons. The monoisotopic (exact) mass is 580 g/mol. The van der Waals surface area contributed by atoms with Gasteiger partial charge in [-0.15, -0.1) is 0 Å². The summed E-state index contributed by atoms with van der Waals surface area (Å²) in [5.41, 5.74) is 4.36. The van der Waals surface area contributed by atoms with Crippen molar-refractivity contribution in [3.63, 3.8) is 0 Å². The molecule has 2 aliphatic rings. The lowest BCUT2D eigenvalue weighted by Gasteiger charge is -2.38. The lowest BCUT2D eigenvalue weighted by molar-refractivity contribution is -0.123. The molecule has 8 nitrogen and oxygen atoms in total. The number of hydrogen-bond donors (Lipinski definition) is 2. The van der Waals surface area contributed by atoms with Crippen molar-refractivity contribution in [3.05, 3.63) is 29.6 Å². The molecule has 0 bridgehead atoms. The number of benzene rings is 1. The molecule has 1 saturated carbocycles. The molecule has 1 aliphatic carbocycles. The van der Waals surface area contributed by atoms with Crippen LogP contribution in [0.5, 0.6) is 0 Å². The van der Waals surface area contributed by atoms with E-state index in [0.717, 1.165) is 6.04 Å². The van der Waals surface area contributed by atoms with E-state index >= 15 is 4.39 Å². The molecule has 1 aromatic rings. The van der Waals surface area contributed by atoms with Crippen molar-refractivity contribution in [3.8, 4) is 0 Å². The molecular weight excluding hydrogens is 535 g/mol. The van der Waals surface area contributed by atoms with Crippen molar-refractivity contribution in [2.75, 3.05) is 19.1 Å². The summed E-state index contributed by atoms with van der Waals surface area (Å²) in [5, 5.41) is 3.35. The number of hydrogen-bond acceptors (Lipinski definition) is 7. The first-order valence-electron chi connectivity index (χ1n) is 13.4. The molecule has 3 rings (SSSR count). The van der Waals surface area contributed by atoms with Crippen molar-refractivity contribution in [2.45, 2.75) is 102 Å². The quantitative estimate of drug-likeness (QED) is 0.179. The van der Waals surface area contributed by atoms with Crippen LogP contribution in [0.2, 0.25) is 25.7 Å². The first-order chi connectivity index (χ1) is 17.7. The molecule has 0 saturated heterocycles. The minimum absolute atomic E-state index is 0.0949. The number of thioether (sulfide) groups is 1. The Hall–Kier alpha value is -2.11. The van der Waals surface area contributed by atoms with E-state index in [-0.39, 0.29) is 23.7 Å². The largest absolute Gasteiger partial charge is 0.443 e. The molecule has 0 spiro atoms. The van der Waals surface area contributed by atoms with Gasteiger partial charge in [0.05, 0.1) is 5.54 Å². The Labute approximate surface area is 237 Å². The predicted octanol–water partition coefficient (Wildman–Crippen LogP) is 5.95. The van der Waals surface area contributed by atoms with Gasteiger partial charge in [0.2, 0.25) is 5.91 Å². The summed E-state index contributed by atoms with van der Waals surface area (Å²) in [6.45, 7) is 20.0. The fourth-order valence-electron chi connectivity index (χ4n) is 4.55. The molecule has 1 aliphatic heterocycles. The number of nitrogens with one attached hydrogen (secondary N) is 1. The molecular formula is C28H45FN4O4SSi. The molecule has 39 heavy (non-hydrogen) atoms. The lowest BCUT2D eigenvalue weighted by Crippen LogP contribution is -2.52. The van der Waals surface area contributed by atoms with Crippen LogP contribution in [-0.2, 0) is 19.8 Å². The summed E-state index contributed by atoms with van der Waals surface area (Å²) in [4.78, 5) is 33.5. The van der Waals surface area contributed by atoms with E-state index in [2.05, 4.69) is 25.0 Å². The van der Waals surface area contributed by atoms with E-state index in [4.69, 9.17) is 20.2 Å². The summed E-state index contributed by atoms with van der Waals surface area (Å²) < 4.78 is 26.1. The van der Waals surface area contributed by atoms with Crippen LogP contribution in [0.15, 0.2) is 23.2 Å². The van der Waals surface area contributed by atoms with Gasteiger partial charge in [0, 0.05) is 37.4 Å². The van der Waals surface area contributed by atoms with E-state index in [1.807, 2.05) is 20.8 Å². The van der Waals surface area contributed by atoms with Gasteiger partial charge in [0.1, 0.15) is 22.9 Å². The number of nitrogens with zero attached hydrogens (tertiary/aromatic N) is 2. The third-order valence-corrected chi connectivity index (χ3v) is 9.86. The van der Waals surface area contributed by atoms with Crippen molar-refractivity contribution in [1.82, 2.24) is 10.2 Å². The number of aliphatic imine (C=N–C) groups is 1. The summed E-state index contributed by atoms with van der Waals surface area (Å²) in [6, 6.07) is 5.30. The van der Waals surface area contributed by atoms with Crippen LogP contribution in [-0.4, -0.2) is 59.4 Å². The van der Waals surface area contributed by atoms with Gasteiger partial charge in [-0.25, -0.2) is 14.1 Å². The molecule has 11 heteroatoms. The normalized spacial score (nSPS) is 24.9. The molecule has 1 fully saturated rings. The number of rotatable bonds is 7. The second-order valence-corrected chi connectivity index (χ2v) is 20.9. The third-order valence-electron chi connectivity index (χ3n) is 6.66. The molecule has 3 atom stereocenters. The number of amidine groups is 1. The van der Waals surface area contributed by atoms with E-state index in [1.54, 1.807) is 33.8 Å². The second-order valence-electron chi connectivity index (χ2n) is 14.0. The van der Waals surface area contributed by atoms with Crippen LogP contribution in [0.3, 0.4) is 0 Å². The maximum atomic E-state index is 15.3. The topological polar surface area (TPSA) is 106 Å². The molecule has 2 amide bonds. The Morgan fingerprint density at radius 1 is 1.23 bits per heavy atom. The van der Waals surface area contributed by atoms with Crippen LogP contribution < -0.4 is 11.1 Å². The van der Waals surface area contributed by atoms with Gasteiger partial charge in [0.15, 0.2) is 5.17 Å². The number of amides is 2. The maximum Gasteiger partial charge on any atom is 0.418 e. The van der Waals surface area contributed by atoms with Gasteiger partial charge >= 0.3 is 6.09 Å². The van der Waals surface area contributed by atoms with Crippen molar-refractivity contribution in [2.24, 2.45) is 10.9 Å². The average Bonchev–Trinajstić information content (AvgIpc) is 3.49. The molecule has 1 heterocycles. The number of nitrogens with two attached hydrogens (primary N) is 1. The Morgan fingerprint density at radius 3 is 2.44 bits per heavy atom. The van der Waals surface area contributed by atoms with Gasteiger partial charge in [0.25, 0.3) is 0 Å². The highest BCUT2D eigenvalue weighted by Gasteiger charge is 2.71. The zero-order valence-corrected chi connectivity index (χ0v) is 26.8. The number of carbonyl (C=O) groups is 2. The highest BCUT2D eigenvalue weighted by molar-refractivity contribution is 8.16. The van der Waals surface area contributed by atoms with Gasteiger partial charge < -0.3 is 20.5 Å². The number of ether oxygens (including phenoxy) is 2. The summed E-state index contributed by atoms with van der Waals surface area (Å²) in [6.07, 6.45) is -0.168. The van der Waals surface area contributed by atoms with Crippen LogP contribution in [0.1, 0.15) is 60.5 Å². The van der Waals surface area contributed by atoms with Crippen molar-refractivity contribution < 1.29 is 23.5 Å². The van der Waals surface area contributed by atoms with Gasteiger partial charge in [-0.05, 0) is 79.1 Å². The molecule has 1 unspecified atom stereocenters. The lowest BCUT2D eigenvalue weighted by atomic mass is 9.85. The molecule has 218 valence electrons. The number of nitrogen functional groups attached to an aromatic ring is 1. The van der Waals surface area contributed by atoms with Crippen molar-refractivity contribution in [1.29, 1.82) is 0 Å². The third kappa shape index (κ3) is 7.55. The number of anilines is 1. The number of fused-ring (bicyclic) bond motifs is 1. The minimum Gasteiger partial charge on any atom is -0.443 e. The summed E-state index contributed by atoms with van der Waals surface area (Å²) in [5.74, 6) is -0.934. The second kappa shape index (κ2) is 10.7. The Morgan fingerprint density at radius 2 is 1.87 bits per heavy atom. The van der Waals surface area contributed by atoms with E-state index in [1.165, 1.54) is 28.8 Å². The first kappa shape index (κ1) is 31.4. The fraction of sp³-hybridized carbons (Fsp3) is 0.679. The maximum absolute atomic E-state index is 15.3. The first-order valence-corrected chi connectivity index (χ1v) is 17.9. The van der Waals surface area contributed by atoms with E-state index in [0.29, 0.717) is 24.3 Å². The van der Waals surface area contributed by atoms with Crippen LogP contribution in [0.4, 0.5) is 14.9 Å². The smallest absolute Gasteiger partial charge is 0.418 e.